The molecule has 0 radical (unpaired) electrons. The van der Waals surface area contributed by atoms with Crippen LogP contribution in [-0.2, 0) is 4.79 Å². The fourth-order valence-electron chi connectivity index (χ4n) is 5.79. The summed E-state index contributed by atoms with van der Waals surface area (Å²) in [5.41, 5.74) is 0. The highest BCUT2D eigenvalue weighted by Crippen LogP contribution is 2.63. The number of fused-ring (bicyclic) bond motifs is 6. The molecule has 0 spiro atoms. The first-order valence-electron chi connectivity index (χ1n) is 7.34. The molecule has 0 heterocycles. The molecule has 8 unspecified atom stereocenters. The number of alkyl halides is 1. The maximum absolute atomic E-state index is 12.3. The Balaban J connectivity index is 1.67. The summed E-state index contributed by atoms with van der Waals surface area (Å²) in [6, 6.07) is 0. The van der Waals surface area contributed by atoms with Crippen molar-refractivity contribution in [1.82, 2.24) is 0 Å². The smallest absolute Gasteiger partial charge is 0.139 e. The molecule has 2 bridgehead atoms. The Morgan fingerprint density at radius 1 is 1.06 bits per heavy atom. The molecule has 0 N–H and O–H groups in total. The SMILES string of the molecule is CC1CC2C(CC3C4CCC(C4)C3C2Br)C1=O. The van der Waals surface area contributed by atoms with Gasteiger partial charge in [-0.1, -0.05) is 22.9 Å². The summed E-state index contributed by atoms with van der Waals surface area (Å²) < 4.78 is 0. The Labute approximate surface area is 112 Å². The van der Waals surface area contributed by atoms with Gasteiger partial charge < -0.3 is 0 Å². The van der Waals surface area contributed by atoms with Crippen molar-refractivity contribution < 1.29 is 4.79 Å². The molecular formula is C15H21BrO. The average Bonchev–Trinajstić information content (AvgIpc) is 2.97. The lowest BCUT2D eigenvalue weighted by Gasteiger charge is -2.44. The molecule has 1 nitrogen and oxygen atoms in total. The van der Waals surface area contributed by atoms with Crippen LogP contribution in [0.4, 0.5) is 0 Å². The van der Waals surface area contributed by atoms with Crippen LogP contribution in [0.15, 0.2) is 0 Å². The van der Waals surface area contributed by atoms with Gasteiger partial charge in [0.25, 0.3) is 0 Å². The number of Topliss-reactive ketones (excluding diaryl/α,β-unsaturated/α-hetero) is 1. The summed E-state index contributed by atoms with van der Waals surface area (Å²) in [6.45, 7) is 2.14. The number of rotatable bonds is 0. The Hall–Kier alpha value is 0.150. The van der Waals surface area contributed by atoms with Crippen molar-refractivity contribution in [2.45, 2.75) is 43.9 Å². The Bertz CT molecular complexity index is 366. The average molecular weight is 297 g/mol. The third-order valence-electron chi connectivity index (χ3n) is 6.45. The maximum atomic E-state index is 12.3. The summed E-state index contributed by atoms with van der Waals surface area (Å²) in [7, 11) is 0. The fraction of sp³-hybridized carbons (Fsp3) is 0.933. The third kappa shape index (κ3) is 1.34. The van der Waals surface area contributed by atoms with Crippen LogP contribution in [0.25, 0.3) is 0 Å². The number of carbonyl (C=O) groups is 1. The zero-order valence-electron chi connectivity index (χ0n) is 10.4. The van der Waals surface area contributed by atoms with Crippen molar-refractivity contribution in [3.05, 3.63) is 0 Å². The van der Waals surface area contributed by atoms with Crippen molar-refractivity contribution in [1.29, 1.82) is 0 Å². The standard InChI is InChI=1S/C15H21BrO/c1-7-4-11-12(15(7)17)6-10-8-2-3-9(5-8)13(10)14(11)16/h7-14H,2-6H2,1H3. The largest absolute Gasteiger partial charge is 0.299 e. The number of hydrogen-bond acceptors (Lipinski definition) is 1. The van der Waals surface area contributed by atoms with Crippen LogP contribution < -0.4 is 0 Å². The van der Waals surface area contributed by atoms with E-state index in [4.69, 9.17) is 0 Å². The van der Waals surface area contributed by atoms with Gasteiger partial charge in [0, 0.05) is 16.7 Å². The summed E-state index contributed by atoms with van der Waals surface area (Å²) in [5, 5.41) is 0. The molecule has 94 valence electrons. The van der Waals surface area contributed by atoms with Gasteiger partial charge in [0.2, 0.25) is 0 Å². The molecule has 8 atom stereocenters. The number of halogens is 1. The van der Waals surface area contributed by atoms with Crippen LogP contribution in [0.3, 0.4) is 0 Å². The predicted molar refractivity (Wildman–Crippen MR) is 70.9 cm³/mol. The zero-order chi connectivity index (χ0) is 11.7. The van der Waals surface area contributed by atoms with E-state index in [1.165, 1.54) is 25.7 Å². The van der Waals surface area contributed by atoms with Crippen molar-refractivity contribution in [3.63, 3.8) is 0 Å². The van der Waals surface area contributed by atoms with Crippen LogP contribution in [0, 0.1) is 41.4 Å². The topological polar surface area (TPSA) is 17.1 Å². The predicted octanol–water partition coefficient (Wildman–Crippen LogP) is 3.66. The minimum atomic E-state index is 0.335. The monoisotopic (exact) mass is 296 g/mol. The zero-order valence-corrected chi connectivity index (χ0v) is 12.0. The minimum Gasteiger partial charge on any atom is -0.299 e. The molecular weight excluding hydrogens is 276 g/mol. The first-order chi connectivity index (χ1) is 8.16. The lowest BCUT2D eigenvalue weighted by molar-refractivity contribution is -0.125. The molecule has 2 heteroatoms. The minimum absolute atomic E-state index is 0.335. The van der Waals surface area contributed by atoms with Gasteiger partial charge >= 0.3 is 0 Å². The van der Waals surface area contributed by atoms with Crippen LogP contribution in [0.2, 0.25) is 0 Å². The van der Waals surface area contributed by atoms with Crippen molar-refractivity contribution in [2.75, 3.05) is 0 Å². The van der Waals surface area contributed by atoms with E-state index in [-0.39, 0.29) is 0 Å². The van der Waals surface area contributed by atoms with Gasteiger partial charge in [-0.15, -0.1) is 0 Å². The number of ketones is 1. The lowest BCUT2D eigenvalue weighted by atomic mass is 9.64. The van der Waals surface area contributed by atoms with Crippen molar-refractivity contribution >= 4 is 21.7 Å². The second-order valence-corrected chi connectivity index (χ2v) is 8.12. The van der Waals surface area contributed by atoms with E-state index in [2.05, 4.69) is 22.9 Å². The van der Waals surface area contributed by atoms with Crippen LogP contribution in [0.5, 0.6) is 0 Å². The van der Waals surface area contributed by atoms with Gasteiger partial charge in [0.1, 0.15) is 5.78 Å². The normalized spacial score (nSPS) is 60.5. The van der Waals surface area contributed by atoms with Gasteiger partial charge in [0.05, 0.1) is 0 Å². The van der Waals surface area contributed by atoms with E-state index in [0.29, 0.717) is 28.4 Å². The Morgan fingerprint density at radius 3 is 2.65 bits per heavy atom. The molecule has 4 aliphatic carbocycles. The second kappa shape index (κ2) is 3.59. The molecule has 0 aromatic heterocycles. The highest BCUT2D eigenvalue weighted by molar-refractivity contribution is 9.09. The van der Waals surface area contributed by atoms with E-state index in [0.717, 1.165) is 30.1 Å². The van der Waals surface area contributed by atoms with Crippen molar-refractivity contribution in [3.8, 4) is 0 Å². The van der Waals surface area contributed by atoms with Gasteiger partial charge in [-0.3, -0.25) is 4.79 Å². The van der Waals surface area contributed by atoms with Crippen molar-refractivity contribution in [2.24, 2.45) is 41.4 Å². The second-order valence-electron chi connectivity index (χ2n) is 7.06. The molecule has 4 rings (SSSR count). The molecule has 4 aliphatic rings. The maximum Gasteiger partial charge on any atom is 0.139 e. The highest BCUT2D eigenvalue weighted by Gasteiger charge is 2.58. The van der Waals surface area contributed by atoms with E-state index in [1.54, 1.807) is 0 Å². The molecule has 0 aromatic rings. The van der Waals surface area contributed by atoms with Gasteiger partial charge in [-0.2, -0.15) is 0 Å². The summed E-state index contributed by atoms with van der Waals surface area (Å²) in [6.07, 6.45) is 6.78. The van der Waals surface area contributed by atoms with E-state index >= 15 is 0 Å². The molecule has 4 saturated carbocycles. The molecule has 0 saturated heterocycles. The van der Waals surface area contributed by atoms with Crippen LogP contribution >= 0.6 is 15.9 Å². The number of carbonyl (C=O) groups excluding carboxylic acids is 1. The summed E-state index contributed by atoms with van der Waals surface area (Å²) >= 11 is 4.01. The molecule has 4 fully saturated rings. The number of hydrogen-bond donors (Lipinski definition) is 0. The lowest BCUT2D eigenvalue weighted by Crippen LogP contribution is -2.43. The van der Waals surface area contributed by atoms with Gasteiger partial charge in [0.15, 0.2) is 0 Å². The molecule has 0 amide bonds. The fourth-order valence-corrected chi connectivity index (χ4v) is 7.20. The van der Waals surface area contributed by atoms with Gasteiger partial charge in [-0.25, -0.2) is 0 Å². The molecule has 17 heavy (non-hydrogen) atoms. The summed E-state index contributed by atoms with van der Waals surface area (Å²) in [5.74, 6) is 5.74. The van der Waals surface area contributed by atoms with Crippen LogP contribution in [0.1, 0.15) is 39.0 Å². The van der Waals surface area contributed by atoms with E-state index in [1.807, 2.05) is 0 Å². The first kappa shape index (κ1) is 11.0. The van der Waals surface area contributed by atoms with Crippen LogP contribution in [-0.4, -0.2) is 10.6 Å². The highest BCUT2D eigenvalue weighted by atomic mass is 79.9. The quantitative estimate of drug-likeness (QED) is 0.624. The Morgan fingerprint density at radius 2 is 1.82 bits per heavy atom. The van der Waals surface area contributed by atoms with E-state index in [9.17, 15) is 4.79 Å². The third-order valence-corrected chi connectivity index (χ3v) is 7.74. The van der Waals surface area contributed by atoms with Gasteiger partial charge in [-0.05, 0) is 61.7 Å². The van der Waals surface area contributed by atoms with E-state index < -0.39 is 0 Å². The molecule has 0 aliphatic heterocycles. The first-order valence-corrected chi connectivity index (χ1v) is 8.26. The summed E-state index contributed by atoms with van der Waals surface area (Å²) in [4.78, 5) is 12.9. The molecule has 0 aromatic carbocycles. The Kier molecular flexibility index (Phi) is 2.32.